The van der Waals surface area contributed by atoms with Crippen LogP contribution >= 0.6 is 0 Å². The molecule has 14 heavy (non-hydrogen) atoms. The van der Waals surface area contributed by atoms with Crippen molar-refractivity contribution in [3.63, 3.8) is 0 Å². The van der Waals surface area contributed by atoms with Gasteiger partial charge in [0.15, 0.2) is 0 Å². The molecule has 1 rings (SSSR count). The fraction of sp³-hybridized carbons (Fsp3) is 0.667. The minimum atomic E-state index is 0.203. The normalized spacial score (nSPS) is 12.4. The highest BCUT2D eigenvalue weighted by Crippen LogP contribution is 2.26. The van der Waals surface area contributed by atoms with Crippen LogP contribution in [0.2, 0.25) is 0 Å². The molecule has 0 saturated carbocycles. The van der Waals surface area contributed by atoms with Crippen molar-refractivity contribution in [3.05, 3.63) is 24.2 Å². The first-order valence-electron chi connectivity index (χ1n) is 5.28. The molecule has 0 saturated heterocycles. The molecule has 0 radical (unpaired) electrons. The van der Waals surface area contributed by atoms with E-state index in [1.54, 1.807) is 6.26 Å². The first kappa shape index (κ1) is 11.3. The summed E-state index contributed by atoms with van der Waals surface area (Å²) >= 11 is 0. The van der Waals surface area contributed by atoms with Crippen LogP contribution in [0.1, 0.15) is 39.7 Å². The molecule has 2 heteroatoms. The van der Waals surface area contributed by atoms with Gasteiger partial charge in [0.05, 0.1) is 12.5 Å². The molecule has 80 valence electrons. The van der Waals surface area contributed by atoms with Crippen molar-refractivity contribution in [2.24, 2.45) is 0 Å². The minimum Gasteiger partial charge on any atom is -0.472 e. The molecular formula is C12H21NO. The largest absolute Gasteiger partial charge is 0.472 e. The Morgan fingerprint density at radius 3 is 2.64 bits per heavy atom. The second-order valence-electron chi connectivity index (χ2n) is 4.75. The van der Waals surface area contributed by atoms with Crippen LogP contribution in [-0.4, -0.2) is 12.6 Å². The molecule has 1 heterocycles. The van der Waals surface area contributed by atoms with Crippen LogP contribution in [-0.2, 0) is 5.41 Å². The Bertz CT molecular complexity index is 249. The molecule has 0 atom stereocenters. The zero-order chi connectivity index (χ0) is 10.6. The van der Waals surface area contributed by atoms with Gasteiger partial charge in [0, 0.05) is 6.04 Å². The number of nitrogens with one attached hydrogen (secondary N) is 1. The van der Waals surface area contributed by atoms with Gasteiger partial charge in [-0.1, -0.05) is 27.7 Å². The Hall–Kier alpha value is -0.760. The fourth-order valence-electron chi connectivity index (χ4n) is 1.47. The van der Waals surface area contributed by atoms with Crippen LogP contribution in [0.4, 0.5) is 0 Å². The second-order valence-corrected chi connectivity index (χ2v) is 4.75. The minimum absolute atomic E-state index is 0.203. The average Bonchev–Trinajstić information content (AvgIpc) is 2.54. The molecule has 0 aliphatic rings. The van der Waals surface area contributed by atoms with Gasteiger partial charge in [-0.2, -0.15) is 0 Å². The van der Waals surface area contributed by atoms with Crippen molar-refractivity contribution in [1.29, 1.82) is 0 Å². The molecule has 0 unspecified atom stereocenters. The van der Waals surface area contributed by atoms with Gasteiger partial charge in [-0.05, 0) is 30.0 Å². The number of rotatable bonds is 5. The van der Waals surface area contributed by atoms with E-state index in [-0.39, 0.29) is 5.41 Å². The molecule has 0 aliphatic heterocycles. The Balaban J connectivity index is 2.42. The lowest BCUT2D eigenvalue weighted by atomic mass is 9.83. The molecule has 0 fully saturated rings. The summed E-state index contributed by atoms with van der Waals surface area (Å²) in [7, 11) is 0. The highest BCUT2D eigenvalue weighted by Gasteiger charge is 2.20. The summed E-state index contributed by atoms with van der Waals surface area (Å²) in [5, 5.41) is 3.43. The molecule has 1 N–H and O–H groups in total. The van der Waals surface area contributed by atoms with Crippen LogP contribution in [0.3, 0.4) is 0 Å². The molecule has 0 bridgehead atoms. The summed E-state index contributed by atoms with van der Waals surface area (Å²) in [6.07, 6.45) is 4.72. The Morgan fingerprint density at radius 2 is 2.14 bits per heavy atom. The number of hydrogen-bond acceptors (Lipinski definition) is 2. The third-order valence-electron chi connectivity index (χ3n) is 2.61. The Kier molecular flexibility index (Phi) is 3.76. The lowest BCUT2D eigenvalue weighted by Gasteiger charge is -2.23. The molecule has 0 spiro atoms. The monoisotopic (exact) mass is 195 g/mol. The summed E-state index contributed by atoms with van der Waals surface area (Å²) in [6.45, 7) is 9.89. The topological polar surface area (TPSA) is 25.2 Å². The van der Waals surface area contributed by atoms with E-state index >= 15 is 0 Å². The SMILES string of the molecule is CC(C)NCCC(C)(C)c1ccoc1. The number of furan rings is 1. The predicted octanol–water partition coefficient (Wildman–Crippen LogP) is 2.95. The van der Waals surface area contributed by atoms with Gasteiger partial charge in [-0.3, -0.25) is 0 Å². The average molecular weight is 195 g/mol. The predicted molar refractivity (Wildman–Crippen MR) is 59.5 cm³/mol. The van der Waals surface area contributed by atoms with E-state index in [9.17, 15) is 0 Å². The van der Waals surface area contributed by atoms with Gasteiger partial charge < -0.3 is 9.73 Å². The van der Waals surface area contributed by atoms with Gasteiger partial charge >= 0.3 is 0 Å². The number of hydrogen-bond donors (Lipinski definition) is 1. The van der Waals surface area contributed by atoms with Gasteiger partial charge in [0.25, 0.3) is 0 Å². The third-order valence-corrected chi connectivity index (χ3v) is 2.61. The van der Waals surface area contributed by atoms with Crippen LogP contribution in [0, 0.1) is 0 Å². The van der Waals surface area contributed by atoms with E-state index in [4.69, 9.17) is 4.42 Å². The third kappa shape index (κ3) is 3.18. The van der Waals surface area contributed by atoms with Crippen molar-refractivity contribution >= 4 is 0 Å². The highest BCUT2D eigenvalue weighted by atomic mass is 16.3. The van der Waals surface area contributed by atoms with Crippen molar-refractivity contribution in [3.8, 4) is 0 Å². The van der Waals surface area contributed by atoms with Gasteiger partial charge in [0.1, 0.15) is 0 Å². The van der Waals surface area contributed by atoms with Crippen molar-refractivity contribution in [2.45, 2.75) is 45.6 Å². The zero-order valence-electron chi connectivity index (χ0n) is 9.63. The maximum absolute atomic E-state index is 5.11. The summed E-state index contributed by atoms with van der Waals surface area (Å²) in [6, 6.07) is 2.62. The second kappa shape index (κ2) is 4.65. The lowest BCUT2D eigenvalue weighted by molar-refractivity contribution is 0.435. The van der Waals surface area contributed by atoms with Gasteiger partial charge in [-0.25, -0.2) is 0 Å². The van der Waals surface area contributed by atoms with E-state index < -0.39 is 0 Å². The molecule has 0 aliphatic carbocycles. The fourth-order valence-corrected chi connectivity index (χ4v) is 1.47. The van der Waals surface area contributed by atoms with Crippen molar-refractivity contribution < 1.29 is 4.42 Å². The van der Waals surface area contributed by atoms with E-state index in [0.29, 0.717) is 6.04 Å². The highest BCUT2D eigenvalue weighted by molar-refractivity contribution is 5.17. The van der Waals surface area contributed by atoms with E-state index in [1.807, 2.05) is 6.26 Å². The molecule has 1 aromatic heterocycles. The zero-order valence-corrected chi connectivity index (χ0v) is 9.63. The van der Waals surface area contributed by atoms with Crippen LogP contribution < -0.4 is 5.32 Å². The molecule has 2 nitrogen and oxygen atoms in total. The van der Waals surface area contributed by atoms with Crippen LogP contribution in [0.15, 0.2) is 23.0 Å². The van der Waals surface area contributed by atoms with E-state index in [2.05, 4.69) is 39.1 Å². The lowest BCUT2D eigenvalue weighted by Crippen LogP contribution is -2.29. The Labute approximate surface area is 86.7 Å². The first-order chi connectivity index (χ1) is 6.52. The molecular weight excluding hydrogens is 174 g/mol. The van der Waals surface area contributed by atoms with Gasteiger partial charge in [-0.15, -0.1) is 0 Å². The van der Waals surface area contributed by atoms with Crippen LogP contribution in [0.25, 0.3) is 0 Å². The maximum atomic E-state index is 5.11. The van der Waals surface area contributed by atoms with E-state index in [0.717, 1.165) is 13.0 Å². The summed E-state index contributed by atoms with van der Waals surface area (Å²) in [5.74, 6) is 0. The van der Waals surface area contributed by atoms with Crippen LogP contribution in [0.5, 0.6) is 0 Å². The van der Waals surface area contributed by atoms with Crippen molar-refractivity contribution in [2.75, 3.05) is 6.54 Å². The molecule has 0 aromatic carbocycles. The summed E-state index contributed by atoms with van der Waals surface area (Å²) in [5.41, 5.74) is 1.48. The summed E-state index contributed by atoms with van der Waals surface area (Å²) < 4.78 is 5.11. The molecule has 1 aromatic rings. The van der Waals surface area contributed by atoms with E-state index in [1.165, 1.54) is 5.56 Å². The maximum Gasteiger partial charge on any atom is 0.0939 e. The standard InChI is InChI=1S/C12H21NO/c1-10(2)13-7-6-12(3,4)11-5-8-14-9-11/h5,8-10,13H,6-7H2,1-4H3. The first-order valence-corrected chi connectivity index (χ1v) is 5.28. The van der Waals surface area contributed by atoms with Gasteiger partial charge in [0.2, 0.25) is 0 Å². The quantitative estimate of drug-likeness (QED) is 0.781. The molecule has 0 amide bonds. The smallest absolute Gasteiger partial charge is 0.0939 e. The summed E-state index contributed by atoms with van der Waals surface area (Å²) in [4.78, 5) is 0. The van der Waals surface area contributed by atoms with Crippen molar-refractivity contribution in [1.82, 2.24) is 5.32 Å². The Morgan fingerprint density at radius 1 is 1.43 bits per heavy atom.